The predicted octanol–water partition coefficient (Wildman–Crippen LogP) is 4.46. The van der Waals surface area contributed by atoms with Gasteiger partial charge >= 0.3 is 0 Å². The Morgan fingerprint density at radius 2 is 1.84 bits per heavy atom. The van der Waals surface area contributed by atoms with E-state index in [0.717, 1.165) is 21.6 Å². The van der Waals surface area contributed by atoms with E-state index in [0.29, 0.717) is 12.2 Å². The Kier molecular flexibility index (Phi) is 4.43. The van der Waals surface area contributed by atoms with Gasteiger partial charge in [0, 0.05) is 15.8 Å². The first-order chi connectivity index (χ1) is 9.22. The van der Waals surface area contributed by atoms with Gasteiger partial charge < -0.3 is 10.1 Å². The minimum Gasteiger partial charge on any atom is -0.494 e. The average molecular weight is 317 g/mol. The summed E-state index contributed by atoms with van der Waals surface area (Å²) in [4.78, 5) is 0. The number of halogens is 1. The Hall–Kier alpha value is -1.99. The highest BCUT2D eigenvalue weighted by Gasteiger charge is 2.01. The molecule has 0 radical (unpaired) electrons. The SMILES string of the molecule is CCOc1ccc(Nc2ccc(C#N)c(Br)c2)cc1. The molecular formula is C15H13BrN2O. The van der Waals surface area contributed by atoms with Crippen LogP contribution in [0.25, 0.3) is 0 Å². The molecule has 2 aromatic carbocycles. The van der Waals surface area contributed by atoms with E-state index >= 15 is 0 Å². The van der Waals surface area contributed by atoms with Crippen molar-refractivity contribution < 1.29 is 4.74 Å². The van der Waals surface area contributed by atoms with Crippen molar-refractivity contribution in [2.75, 3.05) is 11.9 Å². The molecule has 0 unspecified atom stereocenters. The van der Waals surface area contributed by atoms with E-state index in [1.54, 1.807) is 6.07 Å². The lowest BCUT2D eigenvalue weighted by Gasteiger charge is -2.08. The van der Waals surface area contributed by atoms with Crippen LogP contribution in [0, 0.1) is 11.3 Å². The topological polar surface area (TPSA) is 45.0 Å². The molecule has 0 aliphatic heterocycles. The zero-order valence-electron chi connectivity index (χ0n) is 10.5. The molecule has 3 nitrogen and oxygen atoms in total. The minimum atomic E-state index is 0.622. The fourth-order valence-corrected chi connectivity index (χ4v) is 2.12. The molecule has 1 N–H and O–H groups in total. The average Bonchev–Trinajstić information content (AvgIpc) is 2.42. The van der Waals surface area contributed by atoms with Crippen LogP contribution in [-0.4, -0.2) is 6.61 Å². The lowest BCUT2D eigenvalue weighted by Crippen LogP contribution is -1.93. The van der Waals surface area contributed by atoms with Gasteiger partial charge in [-0.05, 0) is 65.3 Å². The normalized spacial score (nSPS) is 9.74. The molecule has 0 fully saturated rings. The lowest BCUT2D eigenvalue weighted by atomic mass is 10.2. The Balaban J connectivity index is 2.13. The van der Waals surface area contributed by atoms with Gasteiger partial charge in [0.15, 0.2) is 0 Å². The fraction of sp³-hybridized carbons (Fsp3) is 0.133. The van der Waals surface area contributed by atoms with Crippen LogP contribution in [0.4, 0.5) is 11.4 Å². The summed E-state index contributed by atoms with van der Waals surface area (Å²) in [5, 5.41) is 12.1. The van der Waals surface area contributed by atoms with Gasteiger partial charge in [0.1, 0.15) is 11.8 Å². The number of anilines is 2. The number of hydrogen-bond donors (Lipinski definition) is 1. The molecule has 0 saturated heterocycles. The van der Waals surface area contributed by atoms with Crippen LogP contribution in [0.15, 0.2) is 46.9 Å². The third-order valence-corrected chi connectivity index (χ3v) is 3.20. The quantitative estimate of drug-likeness (QED) is 0.905. The van der Waals surface area contributed by atoms with Crippen molar-refractivity contribution in [3.8, 4) is 11.8 Å². The van der Waals surface area contributed by atoms with Crippen LogP contribution in [-0.2, 0) is 0 Å². The van der Waals surface area contributed by atoms with E-state index in [-0.39, 0.29) is 0 Å². The minimum absolute atomic E-state index is 0.622. The first-order valence-corrected chi connectivity index (χ1v) is 6.71. The van der Waals surface area contributed by atoms with Gasteiger partial charge in [0.2, 0.25) is 0 Å². The van der Waals surface area contributed by atoms with E-state index in [9.17, 15) is 0 Å². The first-order valence-electron chi connectivity index (χ1n) is 5.92. The van der Waals surface area contributed by atoms with E-state index in [1.807, 2.05) is 43.3 Å². The van der Waals surface area contributed by atoms with Crippen molar-refractivity contribution in [1.82, 2.24) is 0 Å². The van der Waals surface area contributed by atoms with Crippen LogP contribution in [0.2, 0.25) is 0 Å². The van der Waals surface area contributed by atoms with Crippen LogP contribution in [0.1, 0.15) is 12.5 Å². The number of rotatable bonds is 4. The molecule has 0 saturated carbocycles. The maximum Gasteiger partial charge on any atom is 0.119 e. The van der Waals surface area contributed by atoms with Gasteiger partial charge in [-0.3, -0.25) is 0 Å². The zero-order valence-corrected chi connectivity index (χ0v) is 12.1. The lowest BCUT2D eigenvalue weighted by molar-refractivity contribution is 0.340. The van der Waals surface area contributed by atoms with Gasteiger partial charge in [-0.2, -0.15) is 5.26 Å². The number of nitriles is 1. The van der Waals surface area contributed by atoms with Crippen molar-refractivity contribution in [3.05, 3.63) is 52.5 Å². The second-order valence-electron chi connectivity index (χ2n) is 3.89. The number of hydrogen-bond acceptors (Lipinski definition) is 3. The molecule has 0 aliphatic rings. The van der Waals surface area contributed by atoms with Crippen molar-refractivity contribution >= 4 is 27.3 Å². The molecular weight excluding hydrogens is 304 g/mol. The van der Waals surface area contributed by atoms with E-state index in [2.05, 4.69) is 27.3 Å². The van der Waals surface area contributed by atoms with Crippen LogP contribution in [0.5, 0.6) is 5.75 Å². The molecule has 0 heterocycles. The van der Waals surface area contributed by atoms with Crippen LogP contribution < -0.4 is 10.1 Å². The van der Waals surface area contributed by atoms with Gasteiger partial charge in [0.25, 0.3) is 0 Å². The Morgan fingerprint density at radius 1 is 1.16 bits per heavy atom. The molecule has 0 atom stereocenters. The predicted molar refractivity (Wildman–Crippen MR) is 79.8 cm³/mol. The second kappa shape index (κ2) is 6.26. The largest absolute Gasteiger partial charge is 0.494 e. The monoisotopic (exact) mass is 316 g/mol. The highest BCUT2D eigenvalue weighted by Crippen LogP contribution is 2.24. The van der Waals surface area contributed by atoms with Gasteiger partial charge in [-0.25, -0.2) is 0 Å². The summed E-state index contributed by atoms with van der Waals surface area (Å²) in [5.41, 5.74) is 2.52. The van der Waals surface area contributed by atoms with Crippen molar-refractivity contribution in [1.29, 1.82) is 5.26 Å². The van der Waals surface area contributed by atoms with E-state index in [4.69, 9.17) is 10.00 Å². The molecule has 0 aliphatic carbocycles. The molecule has 0 aromatic heterocycles. The van der Waals surface area contributed by atoms with Gasteiger partial charge in [0.05, 0.1) is 12.2 Å². The zero-order chi connectivity index (χ0) is 13.7. The summed E-state index contributed by atoms with van der Waals surface area (Å²) in [6.45, 7) is 2.62. The molecule has 0 bridgehead atoms. The maximum atomic E-state index is 8.87. The van der Waals surface area contributed by atoms with Crippen LogP contribution >= 0.6 is 15.9 Å². The molecule has 0 amide bonds. The van der Waals surface area contributed by atoms with Gasteiger partial charge in [-0.1, -0.05) is 0 Å². The third-order valence-electron chi connectivity index (χ3n) is 2.54. The Bertz CT molecular complexity index is 603. The number of nitrogens with zero attached hydrogens (tertiary/aromatic N) is 1. The number of benzene rings is 2. The summed E-state index contributed by atoms with van der Waals surface area (Å²) >= 11 is 3.37. The number of ether oxygens (including phenoxy) is 1. The van der Waals surface area contributed by atoms with Gasteiger partial charge in [-0.15, -0.1) is 0 Å². The standard InChI is InChI=1S/C15H13BrN2O/c1-2-19-14-7-5-12(6-8-14)18-13-4-3-11(10-17)15(16)9-13/h3-9,18H,2H2,1H3. The molecule has 2 aromatic rings. The first kappa shape index (κ1) is 13.4. The van der Waals surface area contributed by atoms with Crippen molar-refractivity contribution in [2.24, 2.45) is 0 Å². The summed E-state index contributed by atoms with van der Waals surface area (Å²) < 4.78 is 6.17. The highest BCUT2D eigenvalue weighted by atomic mass is 79.9. The number of nitrogens with one attached hydrogen (secondary N) is 1. The maximum absolute atomic E-state index is 8.87. The Labute approximate surface area is 121 Å². The van der Waals surface area contributed by atoms with Crippen molar-refractivity contribution in [3.63, 3.8) is 0 Å². The summed E-state index contributed by atoms with van der Waals surface area (Å²) in [7, 11) is 0. The smallest absolute Gasteiger partial charge is 0.119 e. The molecule has 2 rings (SSSR count). The van der Waals surface area contributed by atoms with E-state index < -0.39 is 0 Å². The highest BCUT2D eigenvalue weighted by molar-refractivity contribution is 9.10. The second-order valence-corrected chi connectivity index (χ2v) is 4.74. The Morgan fingerprint density at radius 3 is 2.42 bits per heavy atom. The fourth-order valence-electron chi connectivity index (χ4n) is 1.65. The van der Waals surface area contributed by atoms with E-state index in [1.165, 1.54) is 0 Å². The molecule has 19 heavy (non-hydrogen) atoms. The summed E-state index contributed by atoms with van der Waals surface area (Å²) in [6, 6.07) is 15.4. The summed E-state index contributed by atoms with van der Waals surface area (Å²) in [6.07, 6.45) is 0. The molecule has 96 valence electrons. The molecule has 0 spiro atoms. The summed E-state index contributed by atoms with van der Waals surface area (Å²) in [5.74, 6) is 0.856. The van der Waals surface area contributed by atoms with Crippen molar-refractivity contribution in [2.45, 2.75) is 6.92 Å². The van der Waals surface area contributed by atoms with Crippen LogP contribution in [0.3, 0.4) is 0 Å². The molecule has 4 heteroatoms. The third kappa shape index (κ3) is 3.49.